The smallest absolute Gasteiger partial charge is 0.255 e. The highest BCUT2D eigenvalue weighted by Gasteiger charge is 2.37. The van der Waals surface area contributed by atoms with Crippen LogP contribution in [0.2, 0.25) is 0 Å². The summed E-state index contributed by atoms with van der Waals surface area (Å²) in [4.78, 5) is 12.4. The van der Waals surface area contributed by atoms with Gasteiger partial charge in [0.15, 0.2) is 0 Å². The first kappa shape index (κ1) is 18.5. The molecule has 2 aromatic carbocycles. The fourth-order valence-electron chi connectivity index (χ4n) is 2.66. The molecule has 1 amide bonds. The highest BCUT2D eigenvalue weighted by atomic mass is 32.2. The zero-order valence-corrected chi connectivity index (χ0v) is 14.7. The molecule has 0 atom stereocenters. The highest BCUT2D eigenvalue weighted by molar-refractivity contribution is 7.89. The first-order valence-corrected chi connectivity index (χ1v) is 9.65. The molecule has 1 saturated carbocycles. The molecular formula is C18H19FN2O4S. The molecule has 1 aliphatic rings. The van der Waals surface area contributed by atoms with Gasteiger partial charge in [0.2, 0.25) is 10.0 Å². The second kappa shape index (κ2) is 7.53. The minimum Gasteiger partial charge on any atom is -0.395 e. The lowest BCUT2D eigenvalue weighted by atomic mass is 10.2. The summed E-state index contributed by atoms with van der Waals surface area (Å²) in [6.07, 6.45) is 1.53. The molecular weight excluding hydrogens is 359 g/mol. The maximum Gasteiger partial charge on any atom is 0.255 e. The van der Waals surface area contributed by atoms with Crippen molar-refractivity contribution in [3.05, 3.63) is 59.9 Å². The van der Waals surface area contributed by atoms with E-state index in [1.165, 1.54) is 52.8 Å². The lowest BCUT2D eigenvalue weighted by Crippen LogP contribution is -2.35. The summed E-state index contributed by atoms with van der Waals surface area (Å²) >= 11 is 0. The molecule has 0 aromatic heterocycles. The SMILES string of the molecule is O=C(Nc1cccc(F)c1)c1cccc(S(=O)(=O)N(CCO)C2CC2)c1. The maximum absolute atomic E-state index is 13.2. The number of anilines is 1. The molecule has 3 rings (SSSR count). The molecule has 8 heteroatoms. The maximum atomic E-state index is 13.2. The predicted octanol–water partition coefficient (Wildman–Crippen LogP) is 2.22. The Balaban J connectivity index is 1.84. The zero-order chi connectivity index (χ0) is 18.7. The van der Waals surface area contributed by atoms with E-state index in [0.29, 0.717) is 0 Å². The quantitative estimate of drug-likeness (QED) is 0.774. The van der Waals surface area contributed by atoms with Gasteiger partial charge in [-0.05, 0) is 49.2 Å². The molecule has 0 saturated heterocycles. The van der Waals surface area contributed by atoms with Crippen molar-refractivity contribution in [1.29, 1.82) is 0 Å². The van der Waals surface area contributed by atoms with Crippen LogP contribution in [0.5, 0.6) is 0 Å². The average Bonchev–Trinajstić information content (AvgIpc) is 3.44. The number of sulfonamides is 1. The summed E-state index contributed by atoms with van der Waals surface area (Å²) in [5.41, 5.74) is 0.429. The van der Waals surface area contributed by atoms with Gasteiger partial charge in [-0.15, -0.1) is 0 Å². The molecule has 0 bridgehead atoms. The molecule has 0 heterocycles. The minimum absolute atomic E-state index is 0.00950. The van der Waals surface area contributed by atoms with Gasteiger partial charge in [0.1, 0.15) is 5.82 Å². The summed E-state index contributed by atoms with van der Waals surface area (Å²) in [6, 6.07) is 11.0. The Morgan fingerprint density at radius 3 is 2.58 bits per heavy atom. The van der Waals surface area contributed by atoms with E-state index < -0.39 is 21.7 Å². The number of carbonyl (C=O) groups is 1. The number of aliphatic hydroxyl groups is 1. The third-order valence-corrected chi connectivity index (χ3v) is 6.01. The fourth-order valence-corrected chi connectivity index (χ4v) is 4.39. The Kier molecular flexibility index (Phi) is 5.36. The number of carbonyl (C=O) groups excluding carboxylic acids is 1. The number of amides is 1. The molecule has 1 fully saturated rings. The summed E-state index contributed by atoms with van der Waals surface area (Å²) in [5, 5.41) is 11.7. The number of nitrogens with one attached hydrogen (secondary N) is 1. The van der Waals surface area contributed by atoms with E-state index in [-0.39, 0.29) is 35.3 Å². The monoisotopic (exact) mass is 378 g/mol. The molecule has 2 N–H and O–H groups in total. The van der Waals surface area contributed by atoms with Gasteiger partial charge < -0.3 is 10.4 Å². The van der Waals surface area contributed by atoms with Crippen LogP contribution >= 0.6 is 0 Å². The second-order valence-electron chi connectivity index (χ2n) is 6.06. The third-order valence-electron chi connectivity index (χ3n) is 4.06. The van der Waals surface area contributed by atoms with Crippen molar-refractivity contribution in [2.75, 3.05) is 18.5 Å². The number of hydrogen-bond donors (Lipinski definition) is 2. The normalized spacial score (nSPS) is 14.4. The third kappa shape index (κ3) is 4.09. The van der Waals surface area contributed by atoms with Crippen molar-refractivity contribution in [2.24, 2.45) is 0 Å². The summed E-state index contributed by atoms with van der Waals surface area (Å²) in [6.45, 7) is -0.248. The topological polar surface area (TPSA) is 86.7 Å². The Labute approximate surface area is 151 Å². The van der Waals surface area contributed by atoms with Crippen LogP contribution in [0.15, 0.2) is 53.4 Å². The summed E-state index contributed by atoms with van der Waals surface area (Å²) in [5.74, 6) is -1.02. The first-order chi connectivity index (χ1) is 12.4. The van der Waals surface area contributed by atoms with Crippen LogP contribution < -0.4 is 5.32 Å². The molecule has 2 aromatic rings. The van der Waals surface area contributed by atoms with Gasteiger partial charge in [0.25, 0.3) is 5.91 Å². The summed E-state index contributed by atoms with van der Waals surface area (Å²) in [7, 11) is -3.80. The van der Waals surface area contributed by atoms with Crippen molar-refractivity contribution in [3.63, 3.8) is 0 Å². The first-order valence-electron chi connectivity index (χ1n) is 8.21. The molecule has 0 spiro atoms. The lowest BCUT2D eigenvalue weighted by Gasteiger charge is -2.21. The van der Waals surface area contributed by atoms with E-state index in [2.05, 4.69) is 5.32 Å². The second-order valence-corrected chi connectivity index (χ2v) is 7.95. The van der Waals surface area contributed by atoms with Gasteiger partial charge in [0.05, 0.1) is 11.5 Å². The van der Waals surface area contributed by atoms with Crippen molar-refractivity contribution >= 4 is 21.6 Å². The van der Waals surface area contributed by atoms with Crippen molar-refractivity contribution < 1.29 is 22.7 Å². The Hall–Kier alpha value is -2.29. The standard InChI is InChI=1S/C18H19FN2O4S/c19-14-4-2-5-15(12-14)20-18(23)13-3-1-6-17(11-13)26(24,25)21(9-10-22)16-7-8-16/h1-6,11-12,16,22H,7-10H2,(H,20,23). The van der Waals surface area contributed by atoms with E-state index in [0.717, 1.165) is 12.8 Å². The molecule has 138 valence electrons. The molecule has 0 radical (unpaired) electrons. The largest absolute Gasteiger partial charge is 0.395 e. The van der Waals surface area contributed by atoms with Gasteiger partial charge in [-0.25, -0.2) is 12.8 Å². The number of hydrogen-bond acceptors (Lipinski definition) is 4. The van der Waals surface area contributed by atoms with Gasteiger partial charge in [-0.1, -0.05) is 12.1 Å². The average molecular weight is 378 g/mol. The minimum atomic E-state index is -3.80. The van der Waals surface area contributed by atoms with Crippen molar-refractivity contribution in [3.8, 4) is 0 Å². The summed E-state index contributed by atoms with van der Waals surface area (Å²) < 4.78 is 40.1. The van der Waals surface area contributed by atoms with Gasteiger partial charge in [0, 0.05) is 23.8 Å². The Morgan fingerprint density at radius 2 is 1.92 bits per heavy atom. The number of halogens is 1. The van der Waals surface area contributed by atoms with Gasteiger partial charge in [-0.2, -0.15) is 4.31 Å². The van der Waals surface area contributed by atoms with E-state index >= 15 is 0 Å². The van der Waals surface area contributed by atoms with Crippen molar-refractivity contribution in [1.82, 2.24) is 4.31 Å². The van der Waals surface area contributed by atoms with Crippen LogP contribution in [0.25, 0.3) is 0 Å². The predicted molar refractivity (Wildman–Crippen MR) is 94.8 cm³/mol. The van der Waals surface area contributed by atoms with Crippen LogP contribution in [0, 0.1) is 5.82 Å². The van der Waals surface area contributed by atoms with E-state index in [1.807, 2.05) is 0 Å². The van der Waals surface area contributed by atoms with Gasteiger partial charge in [-0.3, -0.25) is 4.79 Å². The number of rotatable bonds is 7. The molecule has 0 aliphatic heterocycles. The lowest BCUT2D eigenvalue weighted by molar-refractivity contribution is 0.102. The number of benzene rings is 2. The van der Waals surface area contributed by atoms with Crippen molar-refractivity contribution in [2.45, 2.75) is 23.8 Å². The van der Waals surface area contributed by atoms with Gasteiger partial charge >= 0.3 is 0 Å². The van der Waals surface area contributed by atoms with E-state index in [4.69, 9.17) is 5.11 Å². The van der Waals surface area contributed by atoms with E-state index in [1.54, 1.807) is 0 Å². The number of aliphatic hydroxyl groups excluding tert-OH is 1. The Bertz CT molecular complexity index is 913. The molecule has 0 unspecified atom stereocenters. The van der Waals surface area contributed by atoms with Crippen LogP contribution in [0.3, 0.4) is 0 Å². The van der Waals surface area contributed by atoms with Crippen LogP contribution in [0.1, 0.15) is 23.2 Å². The fraction of sp³-hybridized carbons (Fsp3) is 0.278. The molecule has 6 nitrogen and oxygen atoms in total. The molecule has 1 aliphatic carbocycles. The van der Waals surface area contributed by atoms with Crippen LogP contribution in [-0.2, 0) is 10.0 Å². The molecule has 26 heavy (non-hydrogen) atoms. The Morgan fingerprint density at radius 1 is 1.19 bits per heavy atom. The highest BCUT2D eigenvalue weighted by Crippen LogP contribution is 2.32. The van der Waals surface area contributed by atoms with Crippen LogP contribution in [-0.4, -0.2) is 42.9 Å². The number of nitrogens with zero attached hydrogens (tertiary/aromatic N) is 1. The zero-order valence-electron chi connectivity index (χ0n) is 13.9. The van der Waals surface area contributed by atoms with E-state index in [9.17, 15) is 17.6 Å². The van der Waals surface area contributed by atoms with Crippen LogP contribution in [0.4, 0.5) is 10.1 Å².